The largest absolute Gasteiger partial charge is 0.497 e. The molecule has 2 aliphatic rings. The summed E-state index contributed by atoms with van der Waals surface area (Å²) < 4.78 is 11.0. The van der Waals surface area contributed by atoms with Crippen LogP contribution in [0.3, 0.4) is 0 Å². The van der Waals surface area contributed by atoms with E-state index in [0.717, 1.165) is 31.9 Å². The molecule has 3 atom stereocenters. The predicted octanol–water partition coefficient (Wildman–Crippen LogP) is 1.99. The SMILES string of the molecule is CNC1c2cc(OC)ccc2CCC1N1CCOCC1C. The lowest BCUT2D eigenvalue weighted by atomic mass is 9.82. The summed E-state index contributed by atoms with van der Waals surface area (Å²) >= 11 is 0. The molecule has 0 spiro atoms. The molecule has 0 saturated carbocycles. The fourth-order valence-electron chi connectivity index (χ4n) is 3.83. The van der Waals surface area contributed by atoms with Crippen LogP contribution in [0.15, 0.2) is 18.2 Å². The van der Waals surface area contributed by atoms with E-state index in [-0.39, 0.29) is 0 Å². The molecule has 0 radical (unpaired) electrons. The Bertz CT molecular complexity index is 492. The third-order valence-corrected chi connectivity index (χ3v) is 4.94. The third kappa shape index (κ3) is 2.80. The van der Waals surface area contributed by atoms with Crippen LogP contribution >= 0.6 is 0 Å². The van der Waals surface area contributed by atoms with E-state index in [9.17, 15) is 0 Å². The Labute approximate surface area is 127 Å². The number of benzene rings is 1. The molecule has 1 heterocycles. The molecule has 1 N–H and O–H groups in total. The van der Waals surface area contributed by atoms with Gasteiger partial charge in [0.2, 0.25) is 0 Å². The van der Waals surface area contributed by atoms with Crippen molar-refractivity contribution in [1.29, 1.82) is 0 Å². The summed E-state index contributed by atoms with van der Waals surface area (Å²) in [5.41, 5.74) is 2.85. The highest BCUT2D eigenvalue weighted by atomic mass is 16.5. The van der Waals surface area contributed by atoms with E-state index in [1.165, 1.54) is 17.5 Å². The lowest BCUT2D eigenvalue weighted by molar-refractivity contribution is -0.0329. The van der Waals surface area contributed by atoms with E-state index >= 15 is 0 Å². The Morgan fingerprint density at radius 2 is 2.24 bits per heavy atom. The lowest BCUT2D eigenvalue weighted by Gasteiger charge is -2.45. The van der Waals surface area contributed by atoms with Crippen molar-refractivity contribution >= 4 is 0 Å². The minimum absolute atomic E-state index is 0.365. The Morgan fingerprint density at radius 3 is 2.95 bits per heavy atom. The number of morpholine rings is 1. The van der Waals surface area contributed by atoms with Crippen LogP contribution in [0.25, 0.3) is 0 Å². The monoisotopic (exact) mass is 290 g/mol. The van der Waals surface area contributed by atoms with Crippen molar-refractivity contribution in [2.24, 2.45) is 0 Å². The summed E-state index contributed by atoms with van der Waals surface area (Å²) in [4.78, 5) is 2.62. The molecule has 0 amide bonds. The summed E-state index contributed by atoms with van der Waals surface area (Å²) in [7, 11) is 3.80. The van der Waals surface area contributed by atoms with E-state index < -0.39 is 0 Å². The number of aryl methyl sites for hydroxylation is 1. The van der Waals surface area contributed by atoms with E-state index in [2.05, 4.69) is 42.4 Å². The van der Waals surface area contributed by atoms with Gasteiger partial charge in [0.25, 0.3) is 0 Å². The van der Waals surface area contributed by atoms with Crippen molar-refractivity contribution in [3.05, 3.63) is 29.3 Å². The standard InChI is InChI=1S/C17H26N2O2/c1-12-11-21-9-8-19(12)16-7-5-13-4-6-14(20-3)10-15(13)17(16)18-2/h4,6,10,12,16-18H,5,7-9,11H2,1-3H3. The first-order chi connectivity index (χ1) is 10.2. The highest BCUT2D eigenvalue weighted by molar-refractivity contribution is 5.40. The summed E-state index contributed by atoms with van der Waals surface area (Å²) in [5, 5.41) is 3.54. The number of nitrogens with one attached hydrogen (secondary N) is 1. The van der Waals surface area contributed by atoms with Crippen LogP contribution in [0, 0.1) is 0 Å². The quantitative estimate of drug-likeness (QED) is 0.923. The van der Waals surface area contributed by atoms with Gasteiger partial charge in [-0.15, -0.1) is 0 Å². The van der Waals surface area contributed by atoms with Crippen LogP contribution in [0.2, 0.25) is 0 Å². The molecule has 21 heavy (non-hydrogen) atoms. The number of nitrogens with zero attached hydrogens (tertiary/aromatic N) is 1. The van der Waals surface area contributed by atoms with Crippen molar-refractivity contribution in [3.63, 3.8) is 0 Å². The van der Waals surface area contributed by atoms with Gasteiger partial charge in [-0.1, -0.05) is 6.07 Å². The second-order valence-electron chi connectivity index (χ2n) is 6.10. The van der Waals surface area contributed by atoms with Gasteiger partial charge >= 0.3 is 0 Å². The first-order valence-electron chi connectivity index (χ1n) is 7.92. The van der Waals surface area contributed by atoms with Crippen molar-refractivity contribution in [1.82, 2.24) is 10.2 Å². The van der Waals surface area contributed by atoms with Gasteiger partial charge in [0.05, 0.1) is 20.3 Å². The second-order valence-corrected chi connectivity index (χ2v) is 6.10. The number of fused-ring (bicyclic) bond motifs is 1. The van der Waals surface area contributed by atoms with Crippen LogP contribution in [0.1, 0.15) is 30.5 Å². The van der Waals surface area contributed by atoms with E-state index in [1.54, 1.807) is 7.11 Å². The van der Waals surface area contributed by atoms with E-state index in [1.807, 2.05) is 0 Å². The number of methoxy groups -OCH3 is 1. The van der Waals surface area contributed by atoms with Gasteiger partial charge in [0.15, 0.2) is 0 Å². The topological polar surface area (TPSA) is 33.7 Å². The van der Waals surface area contributed by atoms with Gasteiger partial charge < -0.3 is 14.8 Å². The molecule has 1 saturated heterocycles. The maximum absolute atomic E-state index is 5.60. The zero-order valence-corrected chi connectivity index (χ0v) is 13.3. The number of rotatable bonds is 3. The fourth-order valence-corrected chi connectivity index (χ4v) is 3.83. The molecule has 0 aromatic heterocycles. The summed E-state index contributed by atoms with van der Waals surface area (Å²) in [5.74, 6) is 0.949. The molecule has 4 heteroatoms. The molecular formula is C17H26N2O2. The highest BCUT2D eigenvalue weighted by Gasteiger charge is 2.36. The molecule has 1 aliphatic heterocycles. The molecule has 4 nitrogen and oxygen atoms in total. The van der Waals surface area contributed by atoms with Gasteiger partial charge in [-0.3, -0.25) is 4.90 Å². The average molecular weight is 290 g/mol. The average Bonchev–Trinajstić information content (AvgIpc) is 2.53. The molecular weight excluding hydrogens is 264 g/mol. The number of likely N-dealkylation sites (N-methyl/N-ethyl adjacent to an activating group) is 1. The van der Waals surface area contributed by atoms with Gasteiger partial charge in [-0.05, 0) is 50.1 Å². The lowest BCUT2D eigenvalue weighted by Crippen LogP contribution is -2.54. The summed E-state index contributed by atoms with van der Waals surface area (Å²) in [6.45, 7) is 5.00. The van der Waals surface area contributed by atoms with Crippen LogP contribution < -0.4 is 10.1 Å². The molecule has 116 valence electrons. The van der Waals surface area contributed by atoms with Crippen molar-refractivity contribution in [2.75, 3.05) is 33.9 Å². The van der Waals surface area contributed by atoms with Crippen LogP contribution in [0.5, 0.6) is 5.75 Å². The molecule has 1 fully saturated rings. The van der Waals surface area contributed by atoms with E-state index in [0.29, 0.717) is 18.1 Å². The number of hydrogen-bond donors (Lipinski definition) is 1. The first kappa shape index (κ1) is 14.8. The number of hydrogen-bond acceptors (Lipinski definition) is 4. The Hall–Kier alpha value is -1.10. The van der Waals surface area contributed by atoms with Crippen molar-refractivity contribution < 1.29 is 9.47 Å². The van der Waals surface area contributed by atoms with Crippen LogP contribution in [-0.4, -0.2) is 50.9 Å². The maximum atomic E-state index is 5.60. The minimum Gasteiger partial charge on any atom is -0.497 e. The zero-order chi connectivity index (χ0) is 14.8. The molecule has 1 aromatic carbocycles. The molecule has 1 aliphatic carbocycles. The Morgan fingerprint density at radius 1 is 1.38 bits per heavy atom. The van der Waals surface area contributed by atoms with Gasteiger partial charge in [-0.25, -0.2) is 0 Å². The van der Waals surface area contributed by atoms with Gasteiger partial charge in [-0.2, -0.15) is 0 Å². The van der Waals surface area contributed by atoms with Gasteiger partial charge in [0.1, 0.15) is 5.75 Å². The highest BCUT2D eigenvalue weighted by Crippen LogP contribution is 2.36. The van der Waals surface area contributed by atoms with Crippen LogP contribution in [-0.2, 0) is 11.2 Å². The molecule has 3 unspecified atom stereocenters. The maximum Gasteiger partial charge on any atom is 0.119 e. The van der Waals surface area contributed by atoms with Crippen molar-refractivity contribution in [3.8, 4) is 5.75 Å². The Balaban J connectivity index is 1.90. The normalized spacial score (nSPS) is 30.0. The van der Waals surface area contributed by atoms with Crippen molar-refractivity contribution in [2.45, 2.75) is 37.9 Å². The molecule has 3 rings (SSSR count). The number of ether oxygens (including phenoxy) is 2. The van der Waals surface area contributed by atoms with Gasteiger partial charge in [0, 0.05) is 24.7 Å². The fraction of sp³-hybridized carbons (Fsp3) is 0.647. The smallest absolute Gasteiger partial charge is 0.119 e. The predicted molar refractivity (Wildman–Crippen MR) is 83.9 cm³/mol. The first-order valence-corrected chi connectivity index (χ1v) is 7.92. The zero-order valence-electron chi connectivity index (χ0n) is 13.3. The third-order valence-electron chi connectivity index (χ3n) is 4.94. The summed E-state index contributed by atoms with van der Waals surface area (Å²) in [6, 6.07) is 7.89. The Kier molecular flexibility index (Phi) is 4.48. The second kappa shape index (κ2) is 6.34. The molecule has 0 bridgehead atoms. The van der Waals surface area contributed by atoms with E-state index in [4.69, 9.17) is 9.47 Å². The molecule has 1 aromatic rings. The minimum atomic E-state index is 0.365. The van der Waals surface area contributed by atoms with Crippen LogP contribution in [0.4, 0.5) is 0 Å². The summed E-state index contributed by atoms with van der Waals surface area (Å²) in [6.07, 6.45) is 2.35.